The van der Waals surface area contributed by atoms with Crippen molar-refractivity contribution in [2.75, 3.05) is 30.9 Å². The lowest BCUT2D eigenvalue weighted by molar-refractivity contribution is -0.120. The van der Waals surface area contributed by atoms with Crippen LogP contribution < -0.4 is 15.5 Å². The average Bonchev–Trinajstić information content (AvgIpc) is 2.47. The van der Waals surface area contributed by atoms with Crippen LogP contribution in [0.25, 0.3) is 0 Å². The molecule has 2 N–H and O–H groups in total. The standard InChI is InChI=1S/C16H24BrN3O2/c1-4-5-14(17)16(22)18-11-10-15(21)19-12-6-8-13(9-7-12)20(2)3/h6-9,14H,4-5,10-11H2,1-3H3,(H,18,22)(H,19,21)/t14-/m0/s1. The van der Waals surface area contributed by atoms with Crippen LogP contribution in [0.15, 0.2) is 24.3 Å². The number of anilines is 2. The quantitative estimate of drug-likeness (QED) is 0.692. The van der Waals surface area contributed by atoms with E-state index in [1.165, 1.54) is 0 Å². The largest absolute Gasteiger partial charge is 0.378 e. The molecule has 1 atom stereocenters. The maximum Gasteiger partial charge on any atom is 0.233 e. The van der Waals surface area contributed by atoms with E-state index in [2.05, 4.69) is 26.6 Å². The van der Waals surface area contributed by atoms with Crippen LogP contribution in [0.2, 0.25) is 0 Å². The Labute approximate surface area is 140 Å². The van der Waals surface area contributed by atoms with E-state index in [-0.39, 0.29) is 23.1 Å². The zero-order valence-corrected chi connectivity index (χ0v) is 14.9. The van der Waals surface area contributed by atoms with Crippen LogP contribution in [0.4, 0.5) is 11.4 Å². The lowest BCUT2D eigenvalue weighted by Crippen LogP contribution is -2.33. The van der Waals surface area contributed by atoms with Crippen LogP contribution in [-0.2, 0) is 9.59 Å². The minimum atomic E-state index is -0.181. The highest BCUT2D eigenvalue weighted by molar-refractivity contribution is 9.10. The van der Waals surface area contributed by atoms with Gasteiger partial charge in [-0.2, -0.15) is 0 Å². The van der Waals surface area contributed by atoms with E-state index >= 15 is 0 Å². The Morgan fingerprint density at radius 1 is 1.23 bits per heavy atom. The molecule has 0 radical (unpaired) electrons. The summed E-state index contributed by atoms with van der Waals surface area (Å²) in [5.41, 5.74) is 1.83. The molecule has 0 aliphatic heterocycles. The van der Waals surface area contributed by atoms with Crippen molar-refractivity contribution in [3.8, 4) is 0 Å². The summed E-state index contributed by atoms with van der Waals surface area (Å²) < 4.78 is 0. The van der Waals surface area contributed by atoms with Crippen LogP contribution in [0.1, 0.15) is 26.2 Å². The van der Waals surface area contributed by atoms with Crippen molar-refractivity contribution in [2.45, 2.75) is 31.0 Å². The summed E-state index contributed by atoms with van der Waals surface area (Å²) in [7, 11) is 3.93. The van der Waals surface area contributed by atoms with Crippen molar-refractivity contribution in [2.24, 2.45) is 0 Å². The molecule has 0 heterocycles. The van der Waals surface area contributed by atoms with Gasteiger partial charge in [0.15, 0.2) is 0 Å². The lowest BCUT2D eigenvalue weighted by atomic mass is 10.2. The first-order chi connectivity index (χ1) is 10.4. The van der Waals surface area contributed by atoms with Crippen LogP contribution in [0.3, 0.4) is 0 Å². The molecule has 22 heavy (non-hydrogen) atoms. The van der Waals surface area contributed by atoms with Crippen molar-refractivity contribution in [3.63, 3.8) is 0 Å². The SMILES string of the molecule is CCC[C@H](Br)C(=O)NCCC(=O)Nc1ccc(N(C)C)cc1. The fraction of sp³-hybridized carbons (Fsp3) is 0.500. The van der Waals surface area contributed by atoms with E-state index in [4.69, 9.17) is 0 Å². The number of halogens is 1. The lowest BCUT2D eigenvalue weighted by Gasteiger charge is -2.13. The molecule has 0 aliphatic rings. The molecule has 0 saturated heterocycles. The van der Waals surface area contributed by atoms with Crippen molar-refractivity contribution in [3.05, 3.63) is 24.3 Å². The molecule has 0 spiro atoms. The predicted octanol–water partition coefficient (Wildman–Crippen LogP) is 2.76. The van der Waals surface area contributed by atoms with Gasteiger partial charge in [-0.15, -0.1) is 0 Å². The molecule has 0 bridgehead atoms. The molecular weight excluding hydrogens is 346 g/mol. The maximum atomic E-state index is 11.8. The fourth-order valence-electron chi connectivity index (χ4n) is 1.86. The van der Waals surface area contributed by atoms with Gasteiger partial charge < -0.3 is 15.5 Å². The minimum absolute atomic E-state index is 0.0648. The molecule has 2 amide bonds. The Morgan fingerprint density at radius 2 is 1.86 bits per heavy atom. The molecule has 0 fully saturated rings. The van der Waals surface area contributed by atoms with Gasteiger partial charge in [0.2, 0.25) is 11.8 Å². The average molecular weight is 370 g/mol. The third kappa shape index (κ3) is 6.47. The van der Waals surface area contributed by atoms with Gasteiger partial charge in [-0.05, 0) is 30.7 Å². The number of benzene rings is 1. The predicted molar refractivity (Wildman–Crippen MR) is 94.6 cm³/mol. The first-order valence-corrected chi connectivity index (χ1v) is 8.34. The smallest absolute Gasteiger partial charge is 0.233 e. The summed E-state index contributed by atoms with van der Waals surface area (Å²) in [6, 6.07) is 7.61. The Balaban J connectivity index is 2.33. The highest BCUT2D eigenvalue weighted by Crippen LogP contribution is 2.15. The first kappa shape index (κ1) is 18.5. The summed E-state index contributed by atoms with van der Waals surface area (Å²) in [6.45, 7) is 2.36. The first-order valence-electron chi connectivity index (χ1n) is 7.43. The molecule has 122 valence electrons. The summed E-state index contributed by atoms with van der Waals surface area (Å²) >= 11 is 3.33. The fourth-order valence-corrected chi connectivity index (χ4v) is 2.48. The second-order valence-electron chi connectivity index (χ2n) is 5.29. The van der Waals surface area contributed by atoms with Crippen molar-refractivity contribution < 1.29 is 9.59 Å². The number of amides is 2. The summed E-state index contributed by atoms with van der Waals surface area (Å²) in [4.78, 5) is 25.3. The van der Waals surface area contributed by atoms with Crippen LogP contribution in [-0.4, -0.2) is 37.3 Å². The van der Waals surface area contributed by atoms with E-state index < -0.39 is 0 Å². The van der Waals surface area contributed by atoms with Gasteiger partial charge in [0, 0.05) is 38.4 Å². The molecule has 0 aliphatic carbocycles. The number of carbonyl (C=O) groups is 2. The van der Waals surface area contributed by atoms with Crippen LogP contribution in [0.5, 0.6) is 0 Å². The number of hydrogen-bond acceptors (Lipinski definition) is 3. The summed E-state index contributed by atoms with van der Waals surface area (Å²) in [5, 5.41) is 5.57. The van der Waals surface area contributed by atoms with Crippen LogP contribution in [0, 0.1) is 0 Å². The van der Waals surface area contributed by atoms with Gasteiger partial charge >= 0.3 is 0 Å². The van der Waals surface area contributed by atoms with Crippen molar-refractivity contribution >= 4 is 39.1 Å². The number of alkyl halides is 1. The second kappa shape index (κ2) is 9.46. The summed E-state index contributed by atoms with van der Waals surface area (Å²) in [6.07, 6.45) is 1.98. The molecule has 0 aromatic heterocycles. The molecular formula is C16H24BrN3O2. The summed E-state index contributed by atoms with van der Waals surface area (Å²) in [5.74, 6) is -0.176. The monoisotopic (exact) mass is 369 g/mol. The van der Waals surface area contributed by atoms with Gasteiger partial charge in [-0.1, -0.05) is 29.3 Å². The van der Waals surface area contributed by atoms with Crippen molar-refractivity contribution in [1.82, 2.24) is 5.32 Å². The topological polar surface area (TPSA) is 61.4 Å². The zero-order chi connectivity index (χ0) is 16.5. The highest BCUT2D eigenvalue weighted by Gasteiger charge is 2.13. The maximum absolute atomic E-state index is 11.8. The molecule has 6 heteroatoms. The molecule has 1 rings (SSSR count). The Morgan fingerprint density at radius 3 is 2.41 bits per heavy atom. The third-order valence-electron chi connectivity index (χ3n) is 3.15. The Kier molecular flexibility index (Phi) is 7.95. The van der Waals surface area contributed by atoms with E-state index in [1.54, 1.807) is 0 Å². The Bertz CT molecular complexity index is 489. The van der Waals surface area contributed by atoms with E-state index in [9.17, 15) is 9.59 Å². The third-order valence-corrected chi connectivity index (χ3v) is 4.02. The molecule has 1 aromatic rings. The Hall–Kier alpha value is -1.56. The second-order valence-corrected chi connectivity index (χ2v) is 6.39. The number of carbonyl (C=O) groups excluding carboxylic acids is 2. The van der Waals surface area contributed by atoms with Crippen LogP contribution >= 0.6 is 15.9 Å². The molecule has 0 saturated carbocycles. The molecule has 5 nitrogen and oxygen atoms in total. The van der Waals surface area contributed by atoms with Gasteiger partial charge in [-0.25, -0.2) is 0 Å². The zero-order valence-electron chi connectivity index (χ0n) is 13.4. The molecule has 0 unspecified atom stereocenters. The van der Waals surface area contributed by atoms with E-state index in [0.717, 1.165) is 24.2 Å². The van der Waals surface area contributed by atoms with E-state index in [1.807, 2.05) is 50.2 Å². The highest BCUT2D eigenvalue weighted by atomic mass is 79.9. The van der Waals surface area contributed by atoms with Crippen molar-refractivity contribution in [1.29, 1.82) is 0 Å². The van der Waals surface area contributed by atoms with Gasteiger partial charge in [0.25, 0.3) is 0 Å². The normalized spacial score (nSPS) is 11.6. The number of nitrogens with one attached hydrogen (secondary N) is 2. The van der Waals surface area contributed by atoms with E-state index in [0.29, 0.717) is 6.54 Å². The van der Waals surface area contributed by atoms with Gasteiger partial charge in [0.1, 0.15) is 0 Å². The minimum Gasteiger partial charge on any atom is -0.378 e. The number of rotatable bonds is 8. The number of nitrogens with zero attached hydrogens (tertiary/aromatic N) is 1. The molecule has 1 aromatic carbocycles. The van der Waals surface area contributed by atoms with Gasteiger partial charge in [-0.3, -0.25) is 9.59 Å². The van der Waals surface area contributed by atoms with Gasteiger partial charge in [0.05, 0.1) is 4.83 Å². The number of hydrogen-bond donors (Lipinski definition) is 2.